The summed E-state index contributed by atoms with van der Waals surface area (Å²) in [6, 6.07) is 4.51. The molecule has 1 heterocycles. The van der Waals surface area contributed by atoms with Crippen LogP contribution in [0.2, 0.25) is 5.02 Å². The van der Waals surface area contributed by atoms with Crippen LogP contribution in [-0.4, -0.2) is 44.3 Å². The Hall–Kier alpha value is -3.15. The van der Waals surface area contributed by atoms with E-state index in [4.69, 9.17) is 25.8 Å². The third-order valence-corrected chi connectivity index (χ3v) is 6.93. The lowest BCUT2D eigenvalue weighted by Gasteiger charge is -2.25. The van der Waals surface area contributed by atoms with Gasteiger partial charge in [-0.15, -0.1) is 11.3 Å². The average molecular weight is 556 g/mol. The highest BCUT2D eigenvalue weighted by Gasteiger charge is 2.37. The van der Waals surface area contributed by atoms with E-state index in [0.717, 1.165) is 12.1 Å². The first-order valence-corrected chi connectivity index (χ1v) is 12.5. The van der Waals surface area contributed by atoms with Gasteiger partial charge in [0, 0.05) is 28.7 Å². The number of imide groups is 1. The number of benzene rings is 1. The van der Waals surface area contributed by atoms with E-state index in [9.17, 15) is 23.6 Å². The first-order chi connectivity index (χ1) is 17.7. The number of hydrogen-bond donors (Lipinski definition) is 0. The van der Waals surface area contributed by atoms with Gasteiger partial charge in [0.25, 0.3) is 11.8 Å². The van der Waals surface area contributed by atoms with Crippen LogP contribution in [0.15, 0.2) is 35.4 Å². The Morgan fingerprint density at radius 2 is 1.76 bits per heavy atom. The van der Waals surface area contributed by atoms with Crippen LogP contribution in [0, 0.1) is 10.9 Å². The zero-order valence-corrected chi connectivity index (χ0v) is 21.7. The van der Waals surface area contributed by atoms with Crippen molar-refractivity contribution in [3.63, 3.8) is 0 Å². The lowest BCUT2D eigenvalue weighted by Crippen LogP contribution is -2.40. The molecule has 12 heteroatoms. The maximum Gasteiger partial charge on any atom is 0.336 e. The van der Waals surface area contributed by atoms with Crippen LogP contribution in [0.3, 0.4) is 0 Å². The number of hydrogen-bond acceptors (Lipinski definition) is 8. The Morgan fingerprint density at radius 1 is 1.05 bits per heavy atom. The topological polar surface area (TPSA) is 99.2 Å². The summed E-state index contributed by atoms with van der Waals surface area (Å²) in [6.45, 7) is 1.35. The highest BCUT2D eigenvalue weighted by Crippen LogP contribution is 2.41. The predicted molar refractivity (Wildman–Crippen MR) is 131 cm³/mol. The minimum Gasteiger partial charge on any atom is -0.466 e. The average Bonchev–Trinajstić information content (AvgIpc) is 3.15. The van der Waals surface area contributed by atoms with Gasteiger partial charge in [0.05, 0.1) is 18.1 Å². The molecule has 0 bridgehead atoms. The van der Waals surface area contributed by atoms with Crippen LogP contribution < -0.4 is 4.90 Å². The smallest absolute Gasteiger partial charge is 0.336 e. The molecular formula is C25H24ClF2NO7S. The standard InChI is InChI=1S/C25H24ClF2NO7S/c1-3-35-19(30)12-18-20(26)21(22(28)37-18)29(23(31)14-7-6-8-15(27)11-14)24(32)16-9-4-5-10-17(16)25(33)36-13-34-2/h6-8,11H,3-5,9-10,12-13H2,1-2H3. The summed E-state index contributed by atoms with van der Waals surface area (Å²) < 4.78 is 43.9. The molecule has 1 aromatic carbocycles. The molecular weight excluding hydrogens is 532 g/mol. The molecule has 0 saturated heterocycles. The number of esters is 2. The molecule has 0 fully saturated rings. The Balaban J connectivity index is 2.14. The summed E-state index contributed by atoms with van der Waals surface area (Å²) in [5.41, 5.74) is -0.857. The van der Waals surface area contributed by atoms with E-state index in [-0.39, 0.29) is 59.3 Å². The van der Waals surface area contributed by atoms with Crippen molar-refractivity contribution in [1.29, 1.82) is 0 Å². The monoisotopic (exact) mass is 555 g/mol. The van der Waals surface area contributed by atoms with Gasteiger partial charge in [-0.2, -0.15) is 4.39 Å². The van der Waals surface area contributed by atoms with Crippen molar-refractivity contribution in [1.82, 2.24) is 0 Å². The number of halogens is 3. The SMILES string of the molecule is CCOC(=O)Cc1sc(F)c(N(C(=O)C2=C(C(=O)OCOC)CCCC2)C(=O)c2cccc(F)c2)c1Cl. The minimum atomic E-state index is -1.06. The Kier molecular flexibility index (Phi) is 9.90. The zero-order chi connectivity index (χ0) is 27.1. The summed E-state index contributed by atoms with van der Waals surface area (Å²) in [6.07, 6.45) is 1.03. The van der Waals surface area contributed by atoms with Crippen LogP contribution in [-0.2, 0) is 35.0 Å². The van der Waals surface area contributed by atoms with E-state index in [1.54, 1.807) is 6.92 Å². The molecule has 37 heavy (non-hydrogen) atoms. The summed E-state index contributed by atoms with van der Waals surface area (Å²) in [7, 11) is 1.32. The first kappa shape index (κ1) is 28.4. The molecule has 2 aromatic rings. The first-order valence-electron chi connectivity index (χ1n) is 11.3. The lowest BCUT2D eigenvalue weighted by molar-refractivity contribution is -0.149. The van der Waals surface area contributed by atoms with Crippen molar-refractivity contribution in [2.24, 2.45) is 0 Å². The van der Waals surface area contributed by atoms with E-state index < -0.39 is 40.4 Å². The molecule has 0 atom stereocenters. The number of carbonyl (C=O) groups is 4. The summed E-state index contributed by atoms with van der Waals surface area (Å²) >= 11 is 6.88. The van der Waals surface area contributed by atoms with Crippen LogP contribution in [0.1, 0.15) is 47.8 Å². The second-order valence-electron chi connectivity index (χ2n) is 7.90. The fraction of sp³-hybridized carbons (Fsp3) is 0.360. The van der Waals surface area contributed by atoms with Gasteiger partial charge in [0.2, 0.25) is 5.13 Å². The predicted octanol–water partition coefficient (Wildman–Crippen LogP) is 4.98. The fourth-order valence-electron chi connectivity index (χ4n) is 3.81. The van der Waals surface area contributed by atoms with Gasteiger partial charge in [-0.1, -0.05) is 17.7 Å². The van der Waals surface area contributed by atoms with Crippen LogP contribution >= 0.6 is 22.9 Å². The molecule has 1 aliphatic rings. The van der Waals surface area contributed by atoms with Gasteiger partial charge < -0.3 is 14.2 Å². The number of ether oxygens (including phenoxy) is 3. The summed E-state index contributed by atoms with van der Waals surface area (Å²) in [5.74, 6) is -4.29. The third kappa shape index (κ3) is 6.60. The molecule has 8 nitrogen and oxygen atoms in total. The van der Waals surface area contributed by atoms with E-state index >= 15 is 4.39 Å². The van der Waals surface area contributed by atoms with Gasteiger partial charge in [-0.25, -0.2) is 14.1 Å². The number of thiophene rings is 1. The second-order valence-corrected chi connectivity index (χ2v) is 9.34. The quantitative estimate of drug-likeness (QED) is 0.244. The number of amides is 2. The second kappa shape index (κ2) is 12.9. The number of carbonyl (C=O) groups excluding carboxylic acids is 4. The Labute approximate surface area is 220 Å². The minimum absolute atomic E-state index is 0.0313. The molecule has 0 unspecified atom stereocenters. The normalized spacial score (nSPS) is 13.3. The lowest BCUT2D eigenvalue weighted by atomic mass is 9.90. The highest BCUT2D eigenvalue weighted by molar-refractivity contribution is 7.11. The molecule has 1 aliphatic carbocycles. The maximum absolute atomic E-state index is 15.3. The van der Waals surface area contributed by atoms with Crippen LogP contribution in [0.4, 0.5) is 14.5 Å². The van der Waals surface area contributed by atoms with Gasteiger partial charge in [0.15, 0.2) is 6.79 Å². The van der Waals surface area contributed by atoms with Crippen molar-refractivity contribution in [2.75, 3.05) is 25.4 Å². The van der Waals surface area contributed by atoms with Crippen LogP contribution in [0.25, 0.3) is 0 Å². The molecule has 3 rings (SSSR count). The van der Waals surface area contributed by atoms with Crippen molar-refractivity contribution < 1.29 is 42.2 Å². The maximum atomic E-state index is 15.3. The zero-order valence-electron chi connectivity index (χ0n) is 20.1. The molecule has 0 radical (unpaired) electrons. The van der Waals surface area contributed by atoms with E-state index in [2.05, 4.69) is 0 Å². The van der Waals surface area contributed by atoms with Gasteiger partial charge in [-0.05, 0) is 50.8 Å². The number of anilines is 1. The van der Waals surface area contributed by atoms with Crippen molar-refractivity contribution >= 4 is 52.4 Å². The van der Waals surface area contributed by atoms with Crippen molar-refractivity contribution in [3.05, 3.63) is 61.8 Å². The summed E-state index contributed by atoms with van der Waals surface area (Å²) in [5, 5.41) is -1.35. The third-order valence-electron chi connectivity index (χ3n) is 5.44. The highest BCUT2D eigenvalue weighted by atomic mass is 35.5. The van der Waals surface area contributed by atoms with E-state index in [0.29, 0.717) is 29.1 Å². The number of nitrogens with zero attached hydrogens (tertiary/aromatic N) is 1. The number of rotatable bonds is 9. The van der Waals surface area contributed by atoms with Crippen molar-refractivity contribution in [2.45, 2.75) is 39.0 Å². The number of methoxy groups -OCH3 is 1. The van der Waals surface area contributed by atoms with Gasteiger partial charge in [0.1, 0.15) is 11.5 Å². The van der Waals surface area contributed by atoms with Gasteiger partial charge in [-0.3, -0.25) is 14.4 Å². The molecule has 1 aromatic heterocycles. The van der Waals surface area contributed by atoms with Gasteiger partial charge >= 0.3 is 11.9 Å². The molecule has 0 N–H and O–H groups in total. The van der Waals surface area contributed by atoms with E-state index in [1.807, 2.05) is 0 Å². The Morgan fingerprint density at radius 3 is 2.41 bits per heavy atom. The molecule has 198 valence electrons. The molecule has 0 aliphatic heterocycles. The molecule has 0 saturated carbocycles. The summed E-state index contributed by atoms with van der Waals surface area (Å²) in [4.78, 5) is 52.5. The molecule has 0 spiro atoms. The molecule has 2 amide bonds. The fourth-order valence-corrected chi connectivity index (χ4v) is 5.10. The largest absolute Gasteiger partial charge is 0.466 e. The van der Waals surface area contributed by atoms with E-state index in [1.165, 1.54) is 19.2 Å². The Bertz CT molecular complexity index is 1240. The van der Waals surface area contributed by atoms with Crippen LogP contribution in [0.5, 0.6) is 0 Å². The van der Waals surface area contributed by atoms with Crippen molar-refractivity contribution in [3.8, 4) is 0 Å².